The van der Waals surface area contributed by atoms with Crippen molar-refractivity contribution in [2.75, 3.05) is 0 Å². The molecule has 0 saturated heterocycles. The second-order valence-electron chi connectivity index (χ2n) is 4.50. The maximum absolute atomic E-state index is 4.20. The third-order valence-electron chi connectivity index (χ3n) is 3.01. The third kappa shape index (κ3) is 4.64. The van der Waals surface area contributed by atoms with Crippen molar-refractivity contribution in [1.82, 2.24) is 0 Å². The zero-order chi connectivity index (χ0) is 11.1. The van der Waals surface area contributed by atoms with E-state index in [0.29, 0.717) is 5.92 Å². The van der Waals surface area contributed by atoms with Gasteiger partial charge in [0.1, 0.15) is 0 Å². The minimum Gasteiger partial charge on any atom is -0.0993 e. The predicted octanol–water partition coefficient (Wildman–Crippen LogP) is 5.12. The molecular formula is C14H26. The maximum atomic E-state index is 4.20. The van der Waals surface area contributed by atoms with E-state index in [1.807, 2.05) is 0 Å². The van der Waals surface area contributed by atoms with Crippen LogP contribution in [0, 0.1) is 5.92 Å². The summed E-state index contributed by atoms with van der Waals surface area (Å²) in [5.74, 6) is 0.668. The van der Waals surface area contributed by atoms with Gasteiger partial charge in [-0.05, 0) is 39.0 Å². The van der Waals surface area contributed by atoms with Crippen LogP contribution in [0.3, 0.4) is 0 Å². The largest absolute Gasteiger partial charge is 0.0993 e. The first-order valence-electron chi connectivity index (χ1n) is 5.85. The Balaban J connectivity index is 4.32. The summed E-state index contributed by atoms with van der Waals surface area (Å²) in [5, 5.41) is 0. The number of hydrogen-bond donors (Lipinski definition) is 0. The molecule has 0 bridgehead atoms. The van der Waals surface area contributed by atoms with Crippen LogP contribution in [0.4, 0.5) is 0 Å². The van der Waals surface area contributed by atoms with Crippen molar-refractivity contribution in [2.45, 2.75) is 60.3 Å². The Kier molecular flexibility index (Phi) is 6.61. The highest BCUT2D eigenvalue weighted by atomic mass is 14.1. The molecule has 0 radical (unpaired) electrons. The summed E-state index contributed by atoms with van der Waals surface area (Å²) in [5.41, 5.74) is 4.48. The summed E-state index contributed by atoms with van der Waals surface area (Å²) >= 11 is 0. The van der Waals surface area contributed by atoms with Gasteiger partial charge < -0.3 is 0 Å². The molecule has 0 amide bonds. The van der Waals surface area contributed by atoms with Crippen molar-refractivity contribution >= 4 is 0 Å². The Morgan fingerprint density at radius 3 is 2.14 bits per heavy atom. The van der Waals surface area contributed by atoms with E-state index in [4.69, 9.17) is 0 Å². The van der Waals surface area contributed by atoms with Gasteiger partial charge in [0.2, 0.25) is 0 Å². The lowest BCUT2D eigenvalue weighted by Crippen LogP contribution is -1.99. The molecule has 0 aromatic rings. The van der Waals surface area contributed by atoms with Crippen LogP contribution in [0.1, 0.15) is 60.3 Å². The number of hydrogen-bond acceptors (Lipinski definition) is 0. The van der Waals surface area contributed by atoms with Gasteiger partial charge in [-0.3, -0.25) is 0 Å². The van der Waals surface area contributed by atoms with E-state index in [9.17, 15) is 0 Å². The molecule has 0 aliphatic carbocycles. The van der Waals surface area contributed by atoms with Crippen LogP contribution in [0.5, 0.6) is 0 Å². The van der Waals surface area contributed by atoms with Crippen LogP contribution in [-0.2, 0) is 0 Å². The SMILES string of the molecule is C=C(CC(CCC)=C(C)C)C(C)CC. The topological polar surface area (TPSA) is 0 Å². The van der Waals surface area contributed by atoms with Crippen LogP contribution in [-0.4, -0.2) is 0 Å². The molecule has 0 heteroatoms. The molecule has 82 valence electrons. The van der Waals surface area contributed by atoms with Gasteiger partial charge in [0.05, 0.1) is 0 Å². The van der Waals surface area contributed by atoms with Crippen molar-refractivity contribution in [3.8, 4) is 0 Å². The average Bonchev–Trinajstić information content (AvgIpc) is 2.15. The van der Waals surface area contributed by atoms with Gasteiger partial charge in [0, 0.05) is 0 Å². The van der Waals surface area contributed by atoms with E-state index in [1.165, 1.54) is 30.4 Å². The fourth-order valence-electron chi connectivity index (χ4n) is 1.55. The molecule has 0 aliphatic rings. The molecule has 0 aromatic heterocycles. The van der Waals surface area contributed by atoms with E-state index in [-0.39, 0.29) is 0 Å². The van der Waals surface area contributed by atoms with Gasteiger partial charge in [-0.2, -0.15) is 0 Å². The number of allylic oxidation sites excluding steroid dienone is 3. The van der Waals surface area contributed by atoms with Crippen LogP contribution in [0.25, 0.3) is 0 Å². The Hall–Kier alpha value is -0.520. The van der Waals surface area contributed by atoms with Crippen LogP contribution in [0.15, 0.2) is 23.3 Å². The van der Waals surface area contributed by atoms with Crippen molar-refractivity contribution in [3.05, 3.63) is 23.3 Å². The monoisotopic (exact) mass is 194 g/mol. The Labute approximate surface area is 90.1 Å². The smallest absolute Gasteiger partial charge is 0.0106 e. The van der Waals surface area contributed by atoms with E-state index in [2.05, 4.69) is 41.2 Å². The van der Waals surface area contributed by atoms with Gasteiger partial charge >= 0.3 is 0 Å². The molecule has 1 atom stereocenters. The first-order valence-corrected chi connectivity index (χ1v) is 5.85. The van der Waals surface area contributed by atoms with E-state index in [1.54, 1.807) is 5.57 Å². The summed E-state index contributed by atoms with van der Waals surface area (Å²) in [6, 6.07) is 0. The van der Waals surface area contributed by atoms with Gasteiger partial charge in [0.15, 0.2) is 0 Å². The van der Waals surface area contributed by atoms with Crippen LogP contribution >= 0.6 is 0 Å². The molecule has 0 nitrogen and oxygen atoms in total. The molecule has 14 heavy (non-hydrogen) atoms. The van der Waals surface area contributed by atoms with Gasteiger partial charge in [-0.25, -0.2) is 0 Å². The van der Waals surface area contributed by atoms with Crippen molar-refractivity contribution < 1.29 is 0 Å². The van der Waals surface area contributed by atoms with E-state index < -0.39 is 0 Å². The predicted molar refractivity (Wildman–Crippen MR) is 66.5 cm³/mol. The Morgan fingerprint density at radius 2 is 1.79 bits per heavy atom. The summed E-state index contributed by atoms with van der Waals surface area (Å²) in [6.07, 6.45) is 4.80. The van der Waals surface area contributed by atoms with Gasteiger partial charge in [0.25, 0.3) is 0 Å². The van der Waals surface area contributed by atoms with Crippen molar-refractivity contribution in [3.63, 3.8) is 0 Å². The van der Waals surface area contributed by atoms with E-state index in [0.717, 1.165) is 6.42 Å². The summed E-state index contributed by atoms with van der Waals surface area (Å²) < 4.78 is 0. The Morgan fingerprint density at radius 1 is 1.21 bits per heavy atom. The third-order valence-corrected chi connectivity index (χ3v) is 3.01. The molecule has 1 unspecified atom stereocenters. The lowest BCUT2D eigenvalue weighted by molar-refractivity contribution is 0.633. The highest BCUT2D eigenvalue weighted by Crippen LogP contribution is 2.24. The molecule has 0 heterocycles. The minimum atomic E-state index is 0.668. The second-order valence-corrected chi connectivity index (χ2v) is 4.50. The summed E-state index contributed by atoms with van der Waals surface area (Å²) in [4.78, 5) is 0. The quantitative estimate of drug-likeness (QED) is 0.515. The molecule has 0 fully saturated rings. The van der Waals surface area contributed by atoms with Gasteiger partial charge in [-0.1, -0.05) is 50.5 Å². The molecule has 0 rings (SSSR count). The maximum Gasteiger partial charge on any atom is -0.0106 e. The summed E-state index contributed by atoms with van der Waals surface area (Å²) in [6.45, 7) is 15.4. The Bertz CT molecular complexity index is 204. The zero-order valence-corrected chi connectivity index (χ0v) is 10.6. The number of rotatable bonds is 6. The summed E-state index contributed by atoms with van der Waals surface area (Å²) in [7, 11) is 0. The highest BCUT2D eigenvalue weighted by molar-refractivity contribution is 5.18. The first kappa shape index (κ1) is 13.5. The fourth-order valence-corrected chi connectivity index (χ4v) is 1.55. The van der Waals surface area contributed by atoms with Crippen molar-refractivity contribution in [1.29, 1.82) is 0 Å². The lowest BCUT2D eigenvalue weighted by Gasteiger charge is -2.16. The molecule has 0 spiro atoms. The average molecular weight is 194 g/mol. The van der Waals surface area contributed by atoms with Crippen LogP contribution in [0.2, 0.25) is 0 Å². The molecule has 0 aliphatic heterocycles. The normalized spacial score (nSPS) is 12.4. The lowest BCUT2D eigenvalue weighted by atomic mass is 9.90. The molecule has 0 N–H and O–H groups in total. The minimum absolute atomic E-state index is 0.668. The van der Waals surface area contributed by atoms with E-state index >= 15 is 0 Å². The standard InChI is InChI=1S/C14H26/c1-7-9-14(11(3)4)10-13(6)12(5)8-2/h12H,6-10H2,1-5H3. The fraction of sp³-hybridized carbons (Fsp3) is 0.714. The molecule has 0 aromatic carbocycles. The van der Waals surface area contributed by atoms with Gasteiger partial charge in [-0.15, -0.1) is 0 Å². The highest BCUT2D eigenvalue weighted by Gasteiger charge is 2.07. The van der Waals surface area contributed by atoms with Crippen molar-refractivity contribution in [2.24, 2.45) is 5.92 Å². The second kappa shape index (κ2) is 6.86. The van der Waals surface area contributed by atoms with Crippen LogP contribution < -0.4 is 0 Å². The zero-order valence-electron chi connectivity index (χ0n) is 10.6. The first-order chi connectivity index (χ1) is 6.52. The molecular weight excluding hydrogens is 168 g/mol. The molecule has 0 saturated carbocycles.